The average molecular weight is 393 g/mol. The lowest BCUT2D eigenvalue weighted by molar-refractivity contribution is -0.145. The van der Waals surface area contributed by atoms with Crippen LogP contribution in [0, 0.1) is 0 Å². The van der Waals surface area contributed by atoms with E-state index >= 15 is 0 Å². The summed E-state index contributed by atoms with van der Waals surface area (Å²) in [5.41, 5.74) is 1.73. The molecule has 4 rings (SSSR count). The number of carbonyl (C=O) groups is 1. The van der Waals surface area contributed by atoms with Gasteiger partial charge in [-0.25, -0.2) is 4.79 Å². The van der Waals surface area contributed by atoms with E-state index in [1.807, 2.05) is 50.2 Å². The number of carbonyl (C=O) groups excluding carboxylic acids is 1. The minimum Gasteiger partial charge on any atom is -0.484 e. The normalized spacial score (nSPS) is 19.3. The lowest BCUT2D eigenvalue weighted by atomic mass is 10.0. The molecule has 1 amide bonds. The highest BCUT2D eigenvalue weighted by Gasteiger charge is 2.26. The van der Waals surface area contributed by atoms with Crippen LogP contribution in [-0.4, -0.2) is 42.7 Å². The molecule has 3 aromatic rings. The molecule has 2 aromatic carbocycles. The summed E-state index contributed by atoms with van der Waals surface area (Å²) in [5, 5.41) is 0.810. The van der Waals surface area contributed by atoms with Crippen molar-refractivity contribution in [3.63, 3.8) is 0 Å². The van der Waals surface area contributed by atoms with E-state index in [0.29, 0.717) is 24.4 Å². The fraction of sp³-hybridized carbons (Fsp3) is 0.304. The second-order valence-electron chi connectivity index (χ2n) is 7.35. The van der Waals surface area contributed by atoms with Crippen molar-refractivity contribution in [1.29, 1.82) is 0 Å². The summed E-state index contributed by atoms with van der Waals surface area (Å²) < 4.78 is 16.7. The Bertz CT molecular complexity index is 1070. The summed E-state index contributed by atoms with van der Waals surface area (Å²) in [5.74, 6) is 0.389. The number of ether oxygens (including phenoxy) is 2. The number of fused-ring (bicyclic) bond motifs is 1. The van der Waals surface area contributed by atoms with Gasteiger partial charge in [0.2, 0.25) is 0 Å². The van der Waals surface area contributed by atoms with E-state index < -0.39 is 5.63 Å². The Morgan fingerprint density at radius 2 is 1.79 bits per heavy atom. The summed E-state index contributed by atoms with van der Waals surface area (Å²) in [6.07, 6.45) is 0.0168. The minimum absolute atomic E-state index is 0.00838. The predicted octanol–water partition coefficient (Wildman–Crippen LogP) is 3.47. The molecule has 1 saturated heterocycles. The molecular weight excluding hydrogens is 370 g/mol. The SMILES string of the molecule is C[C@@H]1CN(C(=O)COc2ccc3c(-c4ccccc4)cc(=O)oc3c2)C[C@H](C)O1. The standard InChI is InChI=1S/C23H23NO5/c1-15-12-24(13-16(2)28-15)22(25)14-27-18-8-9-19-20(17-6-4-3-5-7-17)11-23(26)29-21(19)10-18/h3-11,15-16H,12-14H2,1-2H3/t15-,16+. The van der Waals surface area contributed by atoms with Crippen LogP contribution < -0.4 is 10.4 Å². The van der Waals surface area contributed by atoms with E-state index in [4.69, 9.17) is 13.9 Å². The van der Waals surface area contributed by atoms with E-state index in [0.717, 1.165) is 16.5 Å². The maximum absolute atomic E-state index is 12.5. The molecule has 0 aliphatic carbocycles. The van der Waals surface area contributed by atoms with Gasteiger partial charge in [0, 0.05) is 30.6 Å². The van der Waals surface area contributed by atoms with Crippen molar-refractivity contribution in [3.05, 3.63) is 65.0 Å². The summed E-state index contributed by atoms with van der Waals surface area (Å²) >= 11 is 0. The summed E-state index contributed by atoms with van der Waals surface area (Å²) in [4.78, 5) is 26.3. The Kier molecular flexibility index (Phi) is 5.36. The van der Waals surface area contributed by atoms with Crippen molar-refractivity contribution in [3.8, 4) is 16.9 Å². The first-order valence-electron chi connectivity index (χ1n) is 9.69. The maximum atomic E-state index is 12.5. The molecule has 0 radical (unpaired) electrons. The Morgan fingerprint density at radius 3 is 2.52 bits per heavy atom. The number of nitrogens with zero attached hydrogens (tertiary/aromatic N) is 1. The van der Waals surface area contributed by atoms with Crippen molar-refractivity contribution in [1.82, 2.24) is 4.90 Å². The van der Waals surface area contributed by atoms with Gasteiger partial charge in [-0.1, -0.05) is 30.3 Å². The summed E-state index contributed by atoms with van der Waals surface area (Å²) in [6, 6.07) is 16.4. The molecule has 1 aromatic heterocycles. The zero-order valence-electron chi connectivity index (χ0n) is 16.5. The smallest absolute Gasteiger partial charge is 0.336 e. The lowest BCUT2D eigenvalue weighted by Crippen LogP contribution is -2.49. The summed E-state index contributed by atoms with van der Waals surface area (Å²) in [6.45, 7) is 4.94. The van der Waals surface area contributed by atoms with Crippen LogP contribution in [0.1, 0.15) is 13.8 Å². The van der Waals surface area contributed by atoms with Crippen LogP contribution in [0.2, 0.25) is 0 Å². The van der Waals surface area contributed by atoms with Crippen molar-refractivity contribution in [2.45, 2.75) is 26.1 Å². The molecule has 6 nitrogen and oxygen atoms in total. The second-order valence-corrected chi connectivity index (χ2v) is 7.35. The van der Waals surface area contributed by atoms with Gasteiger partial charge in [-0.2, -0.15) is 0 Å². The zero-order chi connectivity index (χ0) is 20.4. The largest absolute Gasteiger partial charge is 0.484 e. The van der Waals surface area contributed by atoms with Gasteiger partial charge in [-0.15, -0.1) is 0 Å². The molecule has 0 bridgehead atoms. The topological polar surface area (TPSA) is 69.0 Å². The van der Waals surface area contributed by atoms with Crippen LogP contribution >= 0.6 is 0 Å². The Hall–Kier alpha value is -3.12. The zero-order valence-corrected chi connectivity index (χ0v) is 16.5. The van der Waals surface area contributed by atoms with Gasteiger partial charge in [-0.3, -0.25) is 4.79 Å². The van der Waals surface area contributed by atoms with Gasteiger partial charge in [0.1, 0.15) is 11.3 Å². The van der Waals surface area contributed by atoms with E-state index in [1.165, 1.54) is 6.07 Å². The second kappa shape index (κ2) is 8.09. The van der Waals surface area contributed by atoms with Crippen LogP contribution in [0.3, 0.4) is 0 Å². The monoisotopic (exact) mass is 393 g/mol. The van der Waals surface area contributed by atoms with Crippen molar-refractivity contribution in [2.24, 2.45) is 0 Å². The molecule has 6 heteroatoms. The minimum atomic E-state index is -0.430. The Labute approximate surface area is 168 Å². The number of amides is 1. The van der Waals surface area contributed by atoms with Crippen LogP contribution in [-0.2, 0) is 9.53 Å². The highest BCUT2D eigenvalue weighted by Crippen LogP contribution is 2.29. The first-order valence-corrected chi connectivity index (χ1v) is 9.69. The quantitative estimate of drug-likeness (QED) is 0.635. The average Bonchev–Trinajstić information content (AvgIpc) is 2.71. The third-order valence-electron chi connectivity index (χ3n) is 4.94. The molecule has 0 spiro atoms. The van der Waals surface area contributed by atoms with Crippen molar-refractivity contribution in [2.75, 3.05) is 19.7 Å². The molecule has 1 aliphatic heterocycles. The molecular formula is C23H23NO5. The van der Waals surface area contributed by atoms with Gasteiger partial charge in [-0.05, 0) is 37.1 Å². The Morgan fingerprint density at radius 1 is 1.07 bits per heavy atom. The van der Waals surface area contributed by atoms with Crippen LogP contribution in [0.4, 0.5) is 0 Å². The van der Waals surface area contributed by atoms with Crippen LogP contribution in [0.5, 0.6) is 5.75 Å². The summed E-state index contributed by atoms with van der Waals surface area (Å²) in [7, 11) is 0. The highest BCUT2D eigenvalue weighted by molar-refractivity contribution is 5.93. The predicted molar refractivity (Wildman–Crippen MR) is 110 cm³/mol. The maximum Gasteiger partial charge on any atom is 0.336 e. The van der Waals surface area contributed by atoms with Gasteiger partial charge < -0.3 is 18.8 Å². The van der Waals surface area contributed by atoms with Gasteiger partial charge >= 0.3 is 5.63 Å². The van der Waals surface area contributed by atoms with Crippen LogP contribution in [0.15, 0.2) is 63.8 Å². The first kappa shape index (κ1) is 19.2. The number of hydrogen-bond donors (Lipinski definition) is 0. The van der Waals surface area contributed by atoms with E-state index in [9.17, 15) is 9.59 Å². The highest BCUT2D eigenvalue weighted by atomic mass is 16.5. The number of benzene rings is 2. The Balaban J connectivity index is 1.54. The lowest BCUT2D eigenvalue weighted by Gasteiger charge is -2.35. The number of morpholine rings is 1. The molecule has 29 heavy (non-hydrogen) atoms. The first-order chi connectivity index (χ1) is 14.0. The molecule has 1 aliphatic rings. The molecule has 2 atom stereocenters. The van der Waals surface area contributed by atoms with Crippen molar-refractivity contribution >= 4 is 16.9 Å². The molecule has 2 heterocycles. The molecule has 150 valence electrons. The van der Waals surface area contributed by atoms with Crippen molar-refractivity contribution < 1.29 is 18.7 Å². The van der Waals surface area contributed by atoms with E-state index in [1.54, 1.807) is 17.0 Å². The molecule has 0 unspecified atom stereocenters. The van der Waals surface area contributed by atoms with E-state index in [-0.39, 0.29) is 24.7 Å². The van der Waals surface area contributed by atoms with Gasteiger partial charge in [0.15, 0.2) is 6.61 Å². The number of rotatable bonds is 4. The number of hydrogen-bond acceptors (Lipinski definition) is 5. The van der Waals surface area contributed by atoms with E-state index in [2.05, 4.69) is 0 Å². The third kappa shape index (κ3) is 4.32. The van der Waals surface area contributed by atoms with Crippen LogP contribution in [0.25, 0.3) is 22.1 Å². The molecule has 1 fully saturated rings. The fourth-order valence-electron chi connectivity index (χ4n) is 3.71. The molecule has 0 N–H and O–H groups in total. The fourth-order valence-corrected chi connectivity index (χ4v) is 3.71. The van der Waals surface area contributed by atoms with Gasteiger partial charge in [0.05, 0.1) is 12.2 Å². The van der Waals surface area contributed by atoms with Gasteiger partial charge in [0.25, 0.3) is 5.91 Å². The molecule has 0 saturated carbocycles. The third-order valence-corrected chi connectivity index (χ3v) is 4.94.